The minimum Gasteiger partial charge on any atom is -0.205 e. The molecule has 0 saturated heterocycles. The smallest absolute Gasteiger partial charge is 0.205 e. The van der Waals surface area contributed by atoms with Crippen LogP contribution in [0.15, 0.2) is 18.2 Å². The highest BCUT2D eigenvalue weighted by atomic mass is 32.1. The molecule has 0 nitrogen and oxygen atoms in total. The van der Waals surface area contributed by atoms with Crippen molar-refractivity contribution >= 4 is 21.4 Å². The van der Waals surface area contributed by atoms with Gasteiger partial charge in [-0.3, -0.25) is 0 Å². The van der Waals surface area contributed by atoms with Gasteiger partial charge in [-0.1, -0.05) is 18.2 Å². The van der Waals surface area contributed by atoms with Crippen LogP contribution in [0.1, 0.15) is 17.6 Å². The molecule has 2 aromatic rings. The Kier molecular flexibility index (Phi) is 2.23. The Labute approximate surface area is 83.0 Å². The lowest BCUT2D eigenvalue weighted by Gasteiger charge is -1.97. The Morgan fingerprint density at radius 3 is 2.64 bits per heavy atom. The van der Waals surface area contributed by atoms with Crippen molar-refractivity contribution in [1.82, 2.24) is 0 Å². The third-order valence-electron chi connectivity index (χ3n) is 2.12. The highest BCUT2D eigenvalue weighted by molar-refractivity contribution is 7.17. The summed E-state index contributed by atoms with van der Waals surface area (Å²) in [7, 11) is 0. The topological polar surface area (TPSA) is 0 Å². The molecule has 74 valence electrons. The zero-order valence-electron chi connectivity index (χ0n) is 7.35. The molecule has 1 heterocycles. The first-order valence-electron chi connectivity index (χ1n) is 4.07. The summed E-state index contributed by atoms with van der Waals surface area (Å²) < 4.78 is 38.8. The monoisotopic (exact) mass is 216 g/mol. The number of thiophene rings is 1. The highest BCUT2D eigenvalue weighted by Crippen LogP contribution is 2.37. The molecule has 0 N–H and O–H groups in total. The highest BCUT2D eigenvalue weighted by Gasteiger charge is 2.20. The largest absolute Gasteiger partial charge is 0.268 e. The molecule has 0 bridgehead atoms. The fourth-order valence-electron chi connectivity index (χ4n) is 1.45. The summed E-state index contributed by atoms with van der Waals surface area (Å²) in [5.41, 5.74) is 0.368. The second-order valence-corrected chi connectivity index (χ2v) is 4.01. The number of rotatable bonds is 1. The molecule has 4 heteroatoms. The van der Waals surface area contributed by atoms with Gasteiger partial charge in [-0.2, -0.15) is 4.39 Å². The molecular formula is C10H7F3S. The Balaban J connectivity index is 2.83. The van der Waals surface area contributed by atoms with E-state index >= 15 is 0 Å². The van der Waals surface area contributed by atoms with Crippen molar-refractivity contribution < 1.29 is 13.2 Å². The minimum atomic E-state index is -2.74. The first kappa shape index (κ1) is 9.52. The second-order valence-electron chi connectivity index (χ2n) is 3.04. The van der Waals surface area contributed by atoms with Gasteiger partial charge >= 0.3 is 0 Å². The van der Waals surface area contributed by atoms with Crippen LogP contribution in [0.5, 0.6) is 0 Å². The summed E-state index contributed by atoms with van der Waals surface area (Å²) in [5, 5.41) is -0.438. The van der Waals surface area contributed by atoms with Crippen LogP contribution in [-0.2, 0) is 0 Å². The van der Waals surface area contributed by atoms with E-state index in [0.717, 1.165) is 16.9 Å². The van der Waals surface area contributed by atoms with Gasteiger partial charge in [0.2, 0.25) is 0 Å². The van der Waals surface area contributed by atoms with Crippen molar-refractivity contribution in [3.63, 3.8) is 0 Å². The lowest BCUT2D eigenvalue weighted by Crippen LogP contribution is -1.84. The standard InChI is InChI=1S/C10H7F3S/c1-5-3-2-4-6-7(9(11)12)10(13)14-8(5)6/h2-4,9H,1H3. The number of aryl methyl sites for hydroxylation is 1. The first-order chi connectivity index (χ1) is 6.61. The van der Waals surface area contributed by atoms with Gasteiger partial charge < -0.3 is 0 Å². The van der Waals surface area contributed by atoms with Gasteiger partial charge in [0.05, 0.1) is 5.56 Å². The van der Waals surface area contributed by atoms with Crippen LogP contribution in [0.4, 0.5) is 13.2 Å². The van der Waals surface area contributed by atoms with Crippen LogP contribution in [0, 0.1) is 12.1 Å². The molecule has 0 atom stereocenters. The molecule has 0 unspecified atom stereocenters. The average Bonchev–Trinajstić information content (AvgIpc) is 2.42. The summed E-state index contributed by atoms with van der Waals surface area (Å²) in [6.45, 7) is 1.79. The molecule has 2 rings (SSSR count). The number of alkyl halides is 2. The Morgan fingerprint density at radius 2 is 2.00 bits per heavy atom. The molecule has 0 aliphatic carbocycles. The lowest BCUT2D eigenvalue weighted by atomic mass is 10.1. The van der Waals surface area contributed by atoms with Crippen molar-refractivity contribution in [1.29, 1.82) is 0 Å². The van der Waals surface area contributed by atoms with Gasteiger partial charge in [0.1, 0.15) is 0 Å². The summed E-state index contributed by atoms with van der Waals surface area (Å²) in [6, 6.07) is 4.98. The van der Waals surface area contributed by atoms with Crippen molar-refractivity contribution in [2.45, 2.75) is 13.3 Å². The van der Waals surface area contributed by atoms with Gasteiger partial charge in [-0.25, -0.2) is 8.78 Å². The molecule has 0 fully saturated rings. The van der Waals surface area contributed by atoms with Gasteiger partial charge in [0.15, 0.2) is 5.13 Å². The zero-order chi connectivity index (χ0) is 10.3. The number of hydrogen-bond donors (Lipinski definition) is 0. The van der Waals surface area contributed by atoms with Gasteiger partial charge in [0.25, 0.3) is 6.43 Å². The van der Waals surface area contributed by atoms with E-state index in [1.54, 1.807) is 19.1 Å². The maximum Gasteiger partial charge on any atom is 0.268 e. The van der Waals surface area contributed by atoms with Crippen LogP contribution in [0.2, 0.25) is 0 Å². The molecule has 0 aliphatic rings. The normalized spacial score (nSPS) is 11.5. The summed E-state index contributed by atoms with van der Waals surface area (Å²) in [4.78, 5) is 0. The van der Waals surface area contributed by atoms with E-state index in [1.165, 1.54) is 6.07 Å². The van der Waals surface area contributed by atoms with E-state index in [-0.39, 0.29) is 0 Å². The zero-order valence-corrected chi connectivity index (χ0v) is 8.17. The number of halogens is 3. The van der Waals surface area contributed by atoms with Crippen LogP contribution >= 0.6 is 11.3 Å². The Morgan fingerprint density at radius 1 is 1.29 bits per heavy atom. The number of fused-ring (bicyclic) bond motifs is 1. The van der Waals surface area contributed by atoms with Crippen LogP contribution in [-0.4, -0.2) is 0 Å². The van der Waals surface area contributed by atoms with Crippen LogP contribution in [0.3, 0.4) is 0 Å². The van der Waals surface area contributed by atoms with Crippen molar-refractivity contribution in [2.75, 3.05) is 0 Å². The fourth-order valence-corrected chi connectivity index (χ4v) is 2.46. The molecule has 14 heavy (non-hydrogen) atoms. The van der Waals surface area contributed by atoms with E-state index in [0.29, 0.717) is 10.1 Å². The molecule has 0 saturated carbocycles. The molecule has 0 spiro atoms. The fraction of sp³-hybridized carbons (Fsp3) is 0.200. The molecule has 0 aliphatic heterocycles. The quantitative estimate of drug-likeness (QED) is 0.667. The van der Waals surface area contributed by atoms with Crippen LogP contribution in [0.25, 0.3) is 10.1 Å². The Bertz CT molecular complexity index is 473. The first-order valence-corrected chi connectivity index (χ1v) is 4.88. The van der Waals surface area contributed by atoms with E-state index in [1.807, 2.05) is 0 Å². The van der Waals surface area contributed by atoms with E-state index in [2.05, 4.69) is 0 Å². The average molecular weight is 216 g/mol. The molecule has 0 amide bonds. The predicted octanol–water partition coefficient (Wildman–Crippen LogP) is 4.29. The molecular weight excluding hydrogens is 209 g/mol. The molecule has 1 aromatic heterocycles. The predicted molar refractivity (Wildman–Crippen MR) is 51.5 cm³/mol. The van der Waals surface area contributed by atoms with Gasteiger partial charge in [-0.05, 0) is 12.5 Å². The molecule has 1 aromatic carbocycles. The third-order valence-corrected chi connectivity index (χ3v) is 3.27. The second kappa shape index (κ2) is 3.28. The minimum absolute atomic E-state index is 0.336. The van der Waals surface area contributed by atoms with Crippen molar-refractivity contribution in [3.8, 4) is 0 Å². The summed E-state index contributed by atoms with van der Waals surface area (Å²) in [6.07, 6.45) is -2.74. The lowest BCUT2D eigenvalue weighted by molar-refractivity contribution is 0.149. The number of hydrogen-bond acceptors (Lipinski definition) is 1. The van der Waals surface area contributed by atoms with Gasteiger partial charge in [0, 0.05) is 10.1 Å². The van der Waals surface area contributed by atoms with E-state index < -0.39 is 17.1 Å². The third kappa shape index (κ3) is 1.30. The number of benzene rings is 1. The summed E-state index contributed by atoms with van der Waals surface area (Å²) in [5.74, 6) is 0. The van der Waals surface area contributed by atoms with Gasteiger partial charge in [-0.15, -0.1) is 11.3 Å². The Hall–Kier alpha value is -1.03. The summed E-state index contributed by atoms with van der Waals surface area (Å²) >= 11 is 0.787. The SMILES string of the molecule is Cc1cccc2c(C(F)F)c(F)sc12. The maximum atomic E-state index is 13.2. The molecule has 0 radical (unpaired) electrons. The maximum absolute atomic E-state index is 13.2. The van der Waals surface area contributed by atoms with E-state index in [9.17, 15) is 13.2 Å². The van der Waals surface area contributed by atoms with E-state index in [4.69, 9.17) is 0 Å². The van der Waals surface area contributed by atoms with Crippen molar-refractivity contribution in [2.24, 2.45) is 0 Å². The van der Waals surface area contributed by atoms with Crippen molar-refractivity contribution in [3.05, 3.63) is 34.5 Å². The van der Waals surface area contributed by atoms with Crippen LogP contribution < -0.4 is 0 Å².